The summed E-state index contributed by atoms with van der Waals surface area (Å²) in [7, 11) is 0. The normalized spacial score (nSPS) is 17.6. The number of guanidine groups is 1. The van der Waals surface area contributed by atoms with Crippen LogP contribution in [0.5, 0.6) is 0 Å². The number of halogens is 2. The third-order valence-corrected chi connectivity index (χ3v) is 5.36. The molecule has 0 saturated carbocycles. The minimum absolute atomic E-state index is 0. The number of aromatic nitrogens is 1. The van der Waals surface area contributed by atoms with E-state index in [9.17, 15) is 4.39 Å². The molecular weight excluding hydrogens is 498 g/mol. The first-order valence-corrected chi connectivity index (χ1v) is 10.0. The molecule has 0 atom stereocenters. The molecule has 1 aromatic heterocycles. The van der Waals surface area contributed by atoms with Gasteiger partial charge in [0.1, 0.15) is 11.6 Å². The van der Waals surface area contributed by atoms with E-state index in [1.165, 1.54) is 12.1 Å². The molecule has 3 heterocycles. The van der Waals surface area contributed by atoms with E-state index in [2.05, 4.69) is 30.7 Å². The zero-order valence-corrected chi connectivity index (χ0v) is 19.2. The lowest BCUT2D eigenvalue weighted by atomic mass is 10.2. The van der Waals surface area contributed by atoms with Crippen LogP contribution >= 0.6 is 24.0 Å². The predicted octanol–water partition coefficient (Wildman–Crippen LogP) is 2.31. The molecule has 2 aromatic rings. The average molecular weight is 526 g/mol. The Balaban J connectivity index is 0.00000256. The van der Waals surface area contributed by atoms with Gasteiger partial charge in [-0.2, -0.15) is 0 Å². The third kappa shape index (κ3) is 5.72. The number of nitrogens with zero attached hydrogens (tertiary/aromatic N) is 5. The van der Waals surface area contributed by atoms with Crippen LogP contribution in [0.3, 0.4) is 0 Å². The van der Waals surface area contributed by atoms with Gasteiger partial charge in [0.15, 0.2) is 5.96 Å². The van der Waals surface area contributed by atoms with Gasteiger partial charge in [0, 0.05) is 51.2 Å². The molecule has 2 saturated heterocycles. The fraction of sp³-hybridized carbons (Fsp3) is 0.429. The maximum atomic E-state index is 13.1. The second kappa shape index (κ2) is 10.8. The van der Waals surface area contributed by atoms with Crippen molar-refractivity contribution in [2.45, 2.75) is 6.54 Å². The van der Waals surface area contributed by atoms with Crippen molar-refractivity contribution in [1.82, 2.24) is 9.88 Å². The monoisotopic (exact) mass is 526 g/mol. The van der Waals surface area contributed by atoms with Gasteiger partial charge in [-0.15, -0.1) is 24.0 Å². The number of pyridine rings is 1. The topological polar surface area (TPSA) is 70.2 Å². The van der Waals surface area contributed by atoms with Crippen molar-refractivity contribution in [2.24, 2.45) is 10.7 Å². The van der Waals surface area contributed by atoms with Gasteiger partial charge in [-0.25, -0.2) is 14.4 Å². The van der Waals surface area contributed by atoms with Crippen molar-refractivity contribution in [3.63, 3.8) is 0 Å². The molecule has 2 fully saturated rings. The van der Waals surface area contributed by atoms with Gasteiger partial charge >= 0.3 is 0 Å². The Morgan fingerprint density at radius 3 is 2.37 bits per heavy atom. The third-order valence-electron chi connectivity index (χ3n) is 5.36. The first kappa shape index (κ1) is 22.5. The van der Waals surface area contributed by atoms with Crippen molar-refractivity contribution in [2.75, 3.05) is 62.3 Å². The van der Waals surface area contributed by atoms with Gasteiger partial charge in [-0.05, 0) is 42.0 Å². The minimum Gasteiger partial charge on any atom is -0.378 e. The molecule has 2 aliphatic heterocycles. The second-order valence-electron chi connectivity index (χ2n) is 7.25. The summed E-state index contributed by atoms with van der Waals surface area (Å²) in [6.07, 6.45) is 1.83. The van der Waals surface area contributed by atoms with Crippen molar-refractivity contribution < 1.29 is 9.13 Å². The zero-order chi connectivity index (χ0) is 20.1. The number of nitrogens with two attached hydrogens (primary N) is 1. The summed E-state index contributed by atoms with van der Waals surface area (Å²) in [4.78, 5) is 15.7. The molecule has 0 radical (unpaired) electrons. The molecule has 4 rings (SSSR count). The smallest absolute Gasteiger partial charge is 0.191 e. The van der Waals surface area contributed by atoms with Gasteiger partial charge in [0.2, 0.25) is 0 Å². The highest BCUT2D eigenvalue weighted by molar-refractivity contribution is 14.0. The lowest BCUT2D eigenvalue weighted by Gasteiger charge is -2.36. The van der Waals surface area contributed by atoms with Crippen LogP contribution in [0.25, 0.3) is 0 Å². The number of benzene rings is 1. The SMILES string of the molecule is I.NC(=NCc1ccnc(N2CCN(c3ccc(F)cc3)CC2)c1)N1CCOCC1. The molecule has 0 unspecified atom stereocenters. The highest BCUT2D eigenvalue weighted by Crippen LogP contribution is 2.20. The van der Waals surface area contributed by atoms with E-state index in [1.54, 1.807) is 0 Å². The molecule has 0 amide bonds. The van der Waals surface area contributed by atoms with Gasteiger partial charge in [0.05, 0.1) is 19.8 Å². The number of hydrogen-bond donors (Lipinski definition) is 1. The highest BCUT2D eigenvalue weighted by Gasteiger charge is 2.19. The molecule has 0 aliphatic carbocycles. The van der Waals surface area contributed by atoms with E-state index in [0.29, 0.717) is 25.7 Å². The standard InChI is InChI=1S/C21H27FN6O.HI/c22-18-1-3-19(4-2-18)26-7-9-27(10-8-26)20-15-17(5-6-24-20)16-25-21(23)28-11-13-29-14-12-28;/h1-6,15H,7-14,16H2,(H2,23,25);1H. The number of rotatable bonds is 4. The Morgan fingerprint density at radius 2 is 1.67 bits per heavy atom. The van der Waals surface area contributed by atoms with E-state index >= 15 is 0 Å². The fourth-order valence-corrected chi connectivity index (χ4v) is 3.64. The fourth-order valence-electron chi connectivity index (χ4n) is 3.64. The van der Waals surface area contributed by atoms with E-state index < -0.39 is 0 Å². The summed E-state index contributed by atoms with van der Waals surface area (Å²) >= 11 is 0. The number of aliphatic imine (C=N–C) groups is 1. The number of anilines is 2. The van der Waals surface area contributed by atoms with Gasteiger partial charge in [-0.1, -0.05) is 0 Å². The van der Waals surface area contributed by atoms with Crippen LogP contribution in [0.1, 0.15) is 5.56 Å². The van der Waals surface area contributed by atoms with Gasteiger partial charge < -0.3 is 25.2 Å². The molecule has 2 aliphatic rings. The molecule has 9 heteroatoms. The number of ether oxygens (including phenoxy) is 1. The summed E-state index contributed by atoms with van der Waals surface area (Å²) in [6.45, 7) is 6.98. The molecule has 0 spiro atoms. The molecule has 2 N–H and O–H groups in total. The Labute approximate surface area is 193 Å². The Morgan fingerprint density at radius 1 is 1.00 bits per heavy atom. The van der Waals surface area contributed by atoms with E-state index in [1.807, 2.05) is 24.4 Å². The van der Waals surface area contributed by atoms with Crippen LogP contribution in [-0.2, 0) is 11.3 Å². The van der Waals surface area contributed by atoms with Crippen LogP contribution in [0.15, 0.2) is 47.6 Å². The first-order chi connectivity index (χ1) is 14.2. The summed E-state index contributed by atoms with van der Waals surface area (Å²) < 4.78 is 18.5. The number of piperazine rings is 1. The number of hydrogen-bond acceptors (Lipinski definition) is 5. The van der Waals surface area contributed by atoms with Crippen LogP contribution in [-0.4, -0.2) is 68.3 Å². The largest absolute Gasteiger partial charge is 0.378 e. The quantitative estimate of drug-likeness (QED) is 0.375. The van der Waals surface area contributed by atoms with E-state index in [4.69, 9.17) is 10.5 Å². The number of morpholine rings is 1. The lowest BCUT2D eigenvalue weighted by molar-refractivity contribution is 0.0674. The summed E-state index contributed by atoms with van der Waals surface area (Å²) in [6, 6.07) is 10.8. The van der Waals surface area contributed by atoms with Gasteiger partial charge in [-0.3, -0.25) is 0 Å². The summed E-state index contributed by atoms with van der Waals surface area (Å²) in [5.41, 5.74) is 8.27. The first-order valence-electron chi connectivity index (χ1n) is 10.0. The Bertz CT molecular complexity index is 836. The van der Waals surface area contributed by atoms with Crippen molar-refractivity contribution >= 4 is 41.4 Å². The second-order valence-corrected chi connectivity index (χ2v) is 7.25. The van der Waals surface area contributed by atoms with Gasteiger partial charge in [0.25, 0.3) is 0 Å². The highest BCUT2D eigenvalue weighted by atomic mass is 127. The Hall–Kier alpha value is -2.14. The maximum Gasteiger partial charge on any atom is 0.191 e. The average Bonchev–Trinajstić information content (AvgIpc) is 2.79. The summed E-state index contributed by atoms with van der Waals surface area (Å²) in [5, 5.41) is 0. The van der Waals surface area contributed by atoms with Crippen LogP contribution < -0.4 is 15.5 Å². The zero-order valence-electron chi connectivity index (χ0n) is 16.9. The van der Waals surface area contributed by atoms with Crippen molar-refractivity contribution in [3.05, 3.63) is 54.0 Å². The van der Waals surface area contributed by atoms with Crippen molar-refractivity contribution in [1.29, 1.82) is 0 Å². The molecule has 30 heavy (non-hydrogen) atoms. The lowest BCUT2D eigenvalue weighted by Crippen LogP contribution is -2.46. The van der Waals surface area contributed by atoms with Crippen molar-refractivity contribution in [3.8, 4) is 0 Å². The van der Waals surface area contributed by atoms with Crippen LogP contribution in [0.4, 0.5) is 15.9 Å². The van der Waals surface area contributed by atoms with E-state index in [0.717, 1.165) is 56.3 Å². The van der Waals surface area contributed by atoms with Crippen LogP contribution in [0.2, 0.25) is 0 Å². The van der Waals surface area contributed by atoms with E-state index in [-0.39, 0.29) is 29.8 Å². The minimum atomic E-state index is -0.203. The molecule has 0 bridgehead atoms. The molecule has 7 nitrogen and oxygen atoms in total. The molecular formula is C21H28FIN6O. The molecule has 162 valence electrons. The predicted molar refractivity (Wildman–Crippen MR) is 128 cm³/mol. The molecule has 1 aromatic carbocycles. The summed E-state index contributed by atoms with van der Waals surface area (Å²) in [5.74, 6) is 1.33. The maximum absolute atomic E-state index is 13.1. The Kier molecular flexibility index (Phi) is 8.08. The van der Waals surface area contributed by atoms with Crippen LogP contribution in [0, 0.1) is 5.82 Å².